The van der Waals surface area contributed by atoms with Crippen molar-refractivity contribution in [3.63, 3.8) is 0 Å². The second kappa shape index (κ2) is 11.6. The molecule has 1 aliphatic rings. The molecular formula is C30H31N3O3S2. The minimum Gasteiger partial charge on any atom is -0.465 e. The lowest BCUT2D eigenvalue weighted by atomic mass is 9.95. The number of rotatable bonds is 8. The molecule has 0 radical (unpaired) electrons. The molecule has 0 saturated heterocycles. The summed E-state index contributed by atoms with van der Waals surface area (Å²) < 4.78 is 5.02. The number of imidazole rings is 1. The Labute approximate surface area is 231 Å². The van der Waals surface area contributed by atoms with Crippen LogP contribution >= 0.6 is 23.1 Å². The summed E-state index contributed by atoms with van der Waals surface area (Å²) in [5.74, 6) is 0.0563. The number of nitrogens with one attached hydrogen (secondary N) is 2. The van der Waals surface area contributed by atoms with Gasteiger partial charge in [-0.1, -0.05) is 71.4 Å². The predicted octanol–water partition coefficient (Wildman–Crippen LogP) is 7.21. The summed E-state index contributed by atoms with van der Waals surface area (Å²) >= 11 is 3.02. The van der Waals surface area contributed by atoms with Crippen molar-refractivity contribution < 1.29 is 14.3 Å². The molecule has 0 saturated carbocycles. The number of hydrogen-bond donors (Lipinski definition) is 2. The quantitative estimate of drug-likeness (QED) is 0.181. The van der Waals surface area contributed by atoms with Crippen molar-refractivity contribution in [3.8, 4) is 22.5 Å². The first-order chi connectivity index (χ1) is 18.4. The fourth-order valence-corrected chi connectivity index (χ4v) is 6.78. The number of hydrogen-bond acceptors (Lipinski definition) is 6. The van der Waals surface area contributed by atoms with Gasteiger partial charge in [-0.3, -0.25) is 4.79 Å². The summed E-state index contributed by atoms with van der Waals surface area (Å²) in [6.45, 7) is 4.14. The van der Waals surface area contributed by atoms with Crippen LogP contribution in [0.15, 0.2) is 53.7 Å². The molecule has 0 bridgehead atoms. The summed E-state index contributed by atoms with van der Waals surface area (Å²) in [6.07, 6.45) is 4.26. The number of thiophene rings is 1. The molecule has 8 heteroatoms. The molecule has 2 aromatic heterocycles. The molecule has 0 fully saturated rings. The molecule has 38 heavy (non-hydrogen) atoms. The highest BCUT2D eigenvalue weighted by Gasteiger charge is 2.27. The Bertz CT molecular complexity index is 1390. The van der Waals surface area contributed by atoms with E-state index in [0.717, 1.165) is 58.9 Å². The maximum Gasteiger partial charge on any atom is 0.341 e. The van der Waals surface area contributed by atoms with E-state index in [1.165, 1.54) is 46.2 Å². The van der Waals surface area contributed by atoms with E-state index >= 15 is 0 Å². The Kier molecular flexibility index (Phi) is 8.00. The number of ether oxygens (including phenoxy) is 1. The van der Waals surface area contributed by atoms with Crippen LogP contribution in [-0.4, -0.2) is 34.7 Å². The van der Waals surface area contributed by atoms with E-state index in [2.05, 4.69) is 72.7 Å². The van der Waals surface area contributed by atoms with Crippen LogP contribution in [0, 0.1) is 13.8 Å². The molecule has 0 spiro atoms. The number of H-pyrrole nitrogens is 1. The second-order valence-corrected chi connectivity index (χ2v) is 11.7. The van der Waals surface area contributed by atoms with Crippen molar-refractivity contribution in [1.82, 2.24) is 9.97 Å². The van der Waals surface area contributed by atoms with Crippen LogP contribution in [0.5, 0.6) is 0 Å². The SMILES string of the molecule is COC(=O)c1c(NC(=O)CCSc2nc(-c3ccc(C)cc3)c(-c3ccc(C)cc3)[nH]2)sc2c1CCCC2. The number of carbonyl (C=O) groups excluding carboxylic acids is 2. The normalized spacial score (nSPS) is 12.7. The molecule has 1 amide bonds. The highest BCUT2D eigenvalue weighted by Crippen LogP contribution is 2.39. The monoisotopic (exact) mass is 545 g/mol. The Morgan fingerprint density at radius 2 is 1.66 bits per heavy atom. The third-order valence-corrected chi connectivity index (χ3v) is 8.81. The van der Waals surface area contributed by atoms with Crippen molar-refractivity contribution in [2.24, 2.45) is 0 Å². The lowest BCUT2D eigenvalue weighted by molar-refractivity contribution is -0.115. The molecule has 6 nitrogen and oxygen atoms in total. The molecule has 0 unspecified atom stereocenters. The van der Waals surface area contributed by atoms with Gasteiger partial charge in [-0.25, -0.2) is 9.78 Å². The number of aromatic nitrogens is 2. The lowest BCUT2D eigenvalue weighted by Crippen LogP contribution is -2.15. The zero-order valence-corrected chi connectivity index (χ0v) is 23.5. The molecule has 2 N–H and O–H groups in total. The number of anilines is 1. The van der Waals surface area contributed by atoms with Crippen molar-refractivity contribution in [2.75, 3.05) is 18.2 Å². The summed E-state index contributed by atoms with van der Waals surface area (Å²) in [7, 11) is 1.39. The van der Waals surface area contributed by atoms with Crippen LogP contribution in [0.2, 0.25) is 0 Å². The maximum atomic E-state index is 12.9. The Balaban J connectivity index is 1.30. The van der Waals surface area contributed by atoms with Crippen molar-refractivity contribution in [1.29, 1.82) is 0 Å². The second-order valence-electron chi connectivity index (χ2n) is 9.55. The fraction of sp³-hybridized carbons (Fsp3) is 0.300. The Morgan fingerprint density at radius 3 is 2.34 bits per heavy atom. The van der Waals surface area contributed by atoms with Gasteiger partial charge < -0.3 is 15.0 Å². The van der Waals surface area contributed by atoms with Crippen LogP contribution in [0.25, 0.3) is 22.5 Å². The highest BCUT2D eigenvalue weighted by molar-refractivity contribution is 7.99. The number of benzene rings is 2. The van der Waals surface area contributed by atoms with Gasteiger partial charge in [0, 0.05) is 28.2 Å². The third kappa shape index (κ3) is 5.71. The van der Waals surface area contributed by atoms with Gasteiger partial charge in [0.05, 0.1) is 24.1 Å². The average Bonchev–Trinajstić information content (AvgIpc) is 3.50. The number of amides is 1. The van der Waals surface area contributed by atoms with Gasteiger partial charge in [0.1, 0.15) is 5.00 Å². The predicted molar refractivity (Wildman–Crippen MR) is 155 cm³/mol. The van der Waals surface area contributed by atoms with Gasteiger partial charge in [0.2, 0.25) is 5.91 Å². The molecule has 2 heterocycles. The molecule has 2 aromatic carbocycles. The van der Waals surface area contributed by atoms with Gasteiger partial charge in [-0.2, -0.15) is 0 Å². The smallest absolute Gasteiger partial charge is 0.341 e. The van der Waals surface area contributed by atoms with Gasteiger partial charge in [0.25, 0.3) is 0 Å². The van der Waals surface area contributed by atoms with E-state index in [1.807, 2.05) is 0 Å². The number of fused-ring (bicyclic) bond motifs is 1. The number of esters is 1. The van der Waals surface area contributed by atoms with Crippen LogP contribution in [0.4, 0.5) is 5.00 Å². The minimum atomic E-state index is -0.378. The zero-order chi connectivity index (χ0) is 26.6. The highest BCUT2D eigenvalue weighted by atomic mass is 32.2. The van der Waals surface area contributed by atoms with E-state index in [9.17, 15) is 9.59 Å². The molecule has 1 aliphatic carbocycles. The zero-order valence-electron chi connectivity index (χ0n) is 21.8. The summed E-state index contributed by atoms with van der Waals surface area (Å²) in [4.78, 5) is 34.9. The van der Waals surface area contributed by atoms with Gasteiger partial charge >= 0.3 is 5.97 Å². The Morgan fingerprint density at radius 1 is 1.00 bits per heavy atom. The number of methoxy groups -OCH3 is 1. The Hall–Kier alpha value is -3.36. The van der Waals surface area contributed by atoms with Crippen LogP contribution in [0.1, 0.15) is 51.2 Å². The number of aromatic amines is 1. The fourth-order valence-electron chi connectivity index (χ4n) is 4.67. The van der Waals surface area contributed by atoms with E-state index in [1.54, 1.807) is 0 Å². The minimum absolute atomic E-state index is 0.120. The first-order valence-electron chi connectivity index (χ1n) is 12.8. The number of aryl methyl sites for hydroxylation is 3. The van der Waals surface area contributed by atoms with Crippen molar-refractivity contribution in [2.45, 2.75) is 51.1 Å². The van der Waals surface area contributed by atoms with E-state index in [4.69, 9.17) is 9.72 Å². The first kappa shape index (κ1) is 26.3. The van der Waals surface area contributed by atoms with Crippen LogP contribution in [0.3, 0.4) is 0 Å². The molecule has 4 aromatic rings. The number of thioether (sulfide) groups is 1. The number of carbonyl (C=O) groups is 2. The maximum absolute atomic E-state index is 12.9. The van der Waals surface area contributed by atoms with Crippen LogP contribution < -0.4 is 5.32 Å². The molecule has 0 aliphatic heterocycles. The molecule has 5 rings (SSSR count). The third-order valence-electron chi connectivity index (χ3n) is 6.73. The molecule has 196 valence electrons. The molecular weight excluding hydrogens is 514 g/mol. The first-order valence-corrected chi connectivity index (χ1v) is 14.6. The standard InChI is InChI=1S/C30H31N3O3S2/c1-18-8-12-20(13-9-18)26-27(21-14-10-19(2)11-15-21)33-30(32-26)37-17-16-24(34)31-28-25(29(35)36-3)22-6-4-5-7-23(22)38-28/h8-15H,4-7,16-17H2,1-3H3,(H,31,34)(H,32,33). The van der Waals surface area contributed by atoms with E-state index in [-0.39, 0.29) is 11.9 Å². The summed E-state index contributed by atoms with van der Waals surface area (Å²) in [5.41, 5.74) is 7.95. The van der Waals surface area contributed by atoms with Crippen LogP contribution in [-0.2, 0) is 22.4 Å². The topological polar surface area (TPSA) is 84.1 Å². The molecule has 0 atom stereocenters. The largest absolute Gasteiger partial charge is 0.465 e. The van der Waals surface area contributed by atoms with Gasteiger partial charge in [-0.05, 0) is 45.1 Å². The summed E-state index contributed by atoms with van der Waals surface area (Å²) in [6, 6.07) is 16.7. The number of nitrogens with zero attached hydrogens (tertiary/aromatic N) is 1. The van der Waals surface area contributed by atoms with Gasteiger partial charge in [0.15, 0.2) is 5.16 Å². The summed E-state index contributed by atoms with van der Waals surface area (Å²) in [5, 5.41) is 4.36. The van der Waals surface area contributed by atoms with Gasteiger partial charge in [-0.15, -0.1) is 11.3 Å². The lowest BCUT2D eigenvalue weighted by Gasteiger charge is -2.11. The van der Waals surface area contributed by atoms with E-state index in [0.29, 0.717) is 22.7 Å². The van der Waals surface area contributed by atoms with Crippen molar-refractivity contribution in [3.05, 3.63) is 75.7 Å². The average molecular weight is 546 g/mol. The van der Waals surface area contributed by atoms with E-state index < -0.39 is 0 Å². The van der Waals surface area contributed by atoms with Crippen molar-refractivity contribution >= 4 is 40.0 Å².